The summed E-state index contributed by atoms with van der Waals surface area (Å²) in [7, 11) is 0. The fourth-order valence-corrected chi connectivity index (χ4v) is 6.11. The molecule has 2 fully saturated rings. The number of carbonyl (C=O) groups is 1. The maximum absolute atomic E-state index is 14.4. The fraction of sp³-hybridized carbons (Fsp3) is 0.483. The number of amides is 1. The first kappa shape index (κ1) is 26.2. The summed E-state index contributed by atoms with van der Waals surface area (Å²) in [5.74, 6) is 0.298. The van der Waals surface area contributed by atoms with Crippen LogP contribution >= 0.6 is 23.2 Å². The second-order valence-electron chi connectivity index (χ2n) is 10.1. The topological polar surface area (TPSA) is 32.8 Å². The van der Waals surface area contributed by atoms with E-state index in [1.165, 1.54) is 0 Å². The van der Waals surface area contributed by atoms with Crippen molar-refractivity contribution in [1.82, 2.24) is 9.80 Å². The maximum atomic E-state index is 14.4. The summed E-state index contributed by atoms with van der Waals surface area (Å²) in [6.07, 6.45) is 4.13. The molecule has 188 valence electrons. The van der Waals surface area contributed by atoms with Crippen LogP contribution in [-0.4, -0.2) is 54.6 Å². The van der Waals surface area contributed by atoms with E-state index in [4.69, 9.17) is 27.9 Å². The molecule has 35 heavy (non-hydrogen) atoms. The van der Waals surface area contributed by atoms with Gasteiger partial charge in [-0.3, -0.25) is 9.69 Å². The van der Waals surface area contributed by atoms with Gasteiger partial charge in [0.25, 0.3) is 0 Å². The lowest BCUT2D eigenvalue weighted by molar-refractivity contribution is -0.155. The van der Waals surface area contributed by atoms with Gasteiger partial charge in [-0.2, -0.15) is 0 Å². The third-order valence-electron chi connectivity index (χ3n) is 7.62. The molecule has 4 unspecified atom stereocenters. The molecule has 2 aliphatic heterocycles. The molecule has 4 nitrogen and oxygen atoms in total. The van der Waals surface area contributed by atoms with Crippen LogP contribution in [0.25, 0.3) is 0 Å². The van der Waals surface area contributed by atoms with Gasteiger partial charge in [-0.05, 0) is 54.7 Å². The van der Waals surface area contributed by atoms with E-state index in [0.717, 1.165) is 56.8 Å². The first-order valence-electron chi connectivity index (χ1n) is 12.6. The largest absolute Gasteiger partial charge is 0.379 e. The molecule has 0 spiro atoms. The quantitative estimate of drug-likeness (QED) is 0.365. The highest BCUT2D eigenvalue weighted by molar-refractivity contribution is 6.30. The summed E-state index contributed by atoms with van der Waals surface area (Å²) in [5, 5.41) is 1.41. The van der Waals surface area contributed by atoms with Crippen molar-refractivity contribution >= 4 is 29.1 Å². The fourth-order valence-electron chi connectivity index (χ4n) is 5.78. The summed E-state index contributed by atoms with van der Waals surface area (Å²) in [4.78, 5) is 19.0. The number of rotatable bonds is 8. The standard InChI is InChI=1S/C29H36Cl2N2O2/c1-4-13-29(3)19-26(22-7-6-8-24(31)18-22)27(21-9-11-23(30)12-10-21)33(28(29)34)25(5-2)20-32-14-16-35-17-15-32/h4,6-12,18,25-27H,1,5,13-17,19-20H2,2-3H3. The number of hydrogen-bond donors (Lipinski definition) is 0. The Labute approximate surface area is 219 Å². The molecule has 0 aromatic heterocycles. The normalized spacial score (nSPS) is 26.5. The number of halogens is 2. The molecule has 4 rings (SSSR count). The molecule has 2 aliphatic rings. The molecule has 4 atom stereocenters. The number of morpholine rings is 1. The summed E-state index contributed by atoms with van der Waals surface area (Å²) < 4.78 is 5.58. The molecule has 6 heteroatoms. The van der Waals surface area contributed by atoms with E-state index >= 15 is 0 Å². The monoisotopic (exact) mass is 514 g/mol. The SMILES string of the molecule is C=CCC1(C)CC(c2cccc(Cl)c2)C(c2ccc(Cl)cc2)N(C(CC)CN2CCOCC2)C1=O. The smallest absolute Gasteiger partial charge is 0.229 e. The van der Waals surface area contributed by atoms with Crippen molar-refractivity contribution in [2.45, 2.75) is 51.1 Å². The molecule has 2 aromatic rings. The summed E-state index contributed by atoms with van der Waals surface area (Å²) in [6, 6.07) is 16.1. The molecular formula is C29H36Cl2N2O2. The van der Waals surface area contributed by atoms with Gasteiger partial charge in [0, 0.05) is 41.6 Å². The van der Waals surface area contributed by atoms with Gasteiger partial charge in [0.15, 0.2) is 0 Å². The van der Waals surface area contributed by atoms with E-state index in [0.29, 0.717) is 16.5 Å². The van der Waals surface area contributed by atoms with Crippen LogP contribution < -0.4 is 0 Å². The Balaban J connectivity index is 1.83. The average Bonchev–Trinajstić information content (AvgIpc) is 2.86. The van der Waals surface area contributed by atoms with Crippen molar-refractivity contribution in [2.75, 3.05) is 32.8 Å². The predicted molar refractivity (Wildman–Crippen MR) is 144 cm³/mol. The van der Waals surface area contributed by atoms with Crippen molar-refractivity contribution < 1.29 is 9.53 Å². The van der Waals surface area contributed by atoms with E-state index in [2.05, 4.69) is 54.5 Å². The van der Waals surface area contributed by atoms with Crippen LogP contribution in [0.4, 0.5) is 0 Å². The van der Waals surface area contributed by atoms with Crippen molar-refractivity contribution in [2.24, 2.45) is 5.41 Å². The first-order valence-corrected chi connectivity index (χ1v) is 13.4. The first-order chi connectivity index (χ1) is 16.9. The van der Waals surface area contributed by atoms with E-state index < -0.39 is 5.41 Å². The third-order valence-corrected chi connectivity index (χ3v) is 8.11. The Morgan fingerprint density at radius 1 is 1.11 bits per heavy atom. The maximum Gasteiger partial charge on any atom is 0.229 e. The zero-order chi connectivity index (χ0) is 25.0. The van der Waals surface area contributed by atoms with E-state index in [-0.39, 0.29) is 23.9 Å². The molecule has 2 aromatic carbocycles. The van der Waals surface area contributed by atoms with Gasteiger partial charge in [-0.25, -0.2) is 0 Å². The van der Waals surface area contributed by atoms with Gasteiger partial charge in [0.05, 0.1) is 24.7 Å². The Morgan fingerprint density at radius 2 is 1.83 bits per heavy atom. The number of allylic oxidation sites excluding steroid dienone is 1. The van der Waals surface area contributed by atoms with E-state index in [1.54, 1.807) is 0 Å². The second kappa shape index (κ2) is 11.5. The van der Waals surface area contributed by atoms with Crippen molar-refractivity contribution in [1.29, 1.82) is 0 Å². The number of benzene rings is 2. The van der Waals surface area contributed by atoms with Gasteiger partial charge in [-0.15, -0.1) is 6.58 Å². The van der Waals surface area contributed by atoms with E-state index in [9.17, 15) is 4.79 Å². The molecule has 2 saturated heterocycles. The van der Waals surface area contributed by atoms with Crippen LogP contribution in [0.2, 0.25) is 10.0 Å². The number of ether oxygens (including phenoxy) is 1. The number of likely N-dealkylation sites (tertiary alicyclic amines) is 1. The molecule has 0 saturated carbocycles. The number of piperidine rings is 1. The number of carbonyl (C=O) groups excluding carboxylic acids is 1. The van der Waals surface area contributed by atoms with E-state index in [1.807, 2.05) is 30.3 Å². The van der Waals surface area contributed by atoms with Crippen LogP contribution in [0.5, 0.6) is 0 Å². The van der Waals surface area contributed by atoms with Crippen LogP contribution in [0.1, 0.15) is 56.2 Å². The van der Waals surface area contributed by atoms with Crippen molar-refractivity contribution in [3.05, 3.63) is 82.4 Å². The van der Waals surface area contributed by atoms with Crippen LogP contribution in [0.3, 0.4) is 0 Å². The second-order valence-corrected chi connectivity index (χ2v) is 11.0. The Kier molecular flexibility index (Phi) is 8.59. The Hall–Kier alpha value is -1.85. The van der Waals surface area contributed by atoms with Gasteiger partial charge in [0.2, 0.25) is 5.91 Å². The zero-order valence-electron chi connectivity index (χ0n) is 20.8. The van der Waals surface area contributed by atoms with Gasteiger partial charge >= 0.3 is 0 Å². The van der Waals surface area contributed by atoms with Crippen LogP contribution in [0.15, 0.2) is 61.2 Å². The van der Waals surface area contributed by atoms with Crippen molar-refractivity contribution in [3.8, 4) is 0 Å². The molecule has 0 aliphatic carbocycles. The minimum absolute atomic E-state index is 0.0763. The summed E-state index contributed by atoms with van der Waals surface area (Å²) in [5.41, 5.74) is 1.73. The van der Waals surface area contributed by atoms with Gasteiger partial charge in [-0.1, -0.05) is 67.4 Å². The summed E-state index contributed by atoms with van der Waals surface area (Å²) >= 11 is 12.7. The van der Waals surface area contributed by atoms with Crippen LogP contribution in [-0.2, 0) is 9.53 Å². The lowest BCUT2D eigenvalue weighted by Crippen LogP contribution is -2.58. The highest BCUT2D eigenvalue weighted by Crippen LogP contribution is 2.52. The lowest BCUT2D eigenvalue weighted by Gasteiger charge is -2.52. The zero-order valence-corrected chi connectivity index (χ0v) is 22.3. The minimum atomic E-state index is -0.532. The Bertz CT molecular complexity index is 1020. The lowest BCUT2D eigenvalue weighted by atomic mass is 9.67. The molecule has 2 heterocycles. The van der Waals surface area contributed by atoms with Crippen LogP contribution in [0, 0.1) is 5.41 Å². The third kappa shape index (κ3) is 5.77. The minimum Gasteiger partial charge on any atom is -0.379 e. The highest BCUT2D eigenvalue weighted by atomic mass is 35.5. The average molecular weight is 516 g/mol. The Morgan fingerprint density at radius 3 is 2.46 bits per heavy atom. The van der Waals surface area contributed by atoms with Crippen molar-refractivity contribution in [3.63, 3.8) is 0 Å². The molecule has 0 radical (unpaired) electrons. The van der Waals surface area contributed by atoms with Gasteiger partial charge in [0.1, 0.15) is 0 Å². The molecule has 0 N–H and O–H groups in total. The van der Waals surface area contributed by atoms with Gasteiger partial charge < -0.3 is 9.64 Å². The predicted octanol–water partition coefficient (Wildman–Crippen LogP) is 6.74. The molecular weight excluding hydrogens is 479 g/mol. The molecule has 0 bridgehead atoms. The number of nitrogens with zero attached hydrogens (tertiary/aromatic N) is 2. The highest BCUT2D eigenvalue weighted by Gasteiger charge is 2.51. The molecule has 1 amide bonds. The summed E-state index contributed by atoms with van der Waals surface area (Å²) in [6.45, 7) is 12.4. The number of hydrogen-bond acceptors (Lipinski definition) is 3.